The average molecular weight is 259 g/mol. The van der Waals surface area contributed by atoms with Crippen molar-refractivity contribution in [2.75, 3.05) is 20.1 Å². The fourth-order valence-corrected chi connectivity index (χ4v) is 1.88. The van der Waals surface area contributed by atoms with E-state index in [4.69, 9.17) is 5.11 Å². The van der Waals surface area contributed by atoms with Gasteiger partial charge in [0, 0.05) is 33.0 Å². The van der Waals surface area contributed by atoms with Crippen molar-refractivity contribution in [3.8, 4) is 0 Å². The number of likely N-dealkylation sites (tertiary alicyclic amines) is 1. The summed E-state index contributed by atoms with van der Waals surface area (Å²) in [6.07, 6.45) is -0.524. The number of rotatable bonds is 4. The number of nitrogens with zero attached hydrogens (tertiary/aromatic N) is 1. The molecule has 18 heavy (non-hydrogen) atoms. The summed E-state index contributed by atoms with van der Waals surface area (Å²) in [5.41, 5.74) is 0. The largest absolute Gasteiger partial charge is 0.480 e. The predicted octanol–water partition coefficient (Wildman–Crippen LogP) is -1.65. The first-order chi connectivity index (χ1) is 8.43. The molecule has 1 heterocycles. The minimum absolute atomic E-state index is 0.00389. The third kappa shape index (κ3) is 3.97. The van der Waals surface area contributed by atoms with Crippen LogP contribution in [0, 0.1) is 0 Å². The van der Waals surface area contributed by atoms with Crippen LogP contribution >= 0.6 is 0 Å². The van der Waals surface area contributed by atoms with Crippen LogP contribution in [0.4, 0.5) is 4.79 Å². The van der Waals surface area contributed by atoms with E-state index in [0.29, 0.717) is 0 Å². The SMILES string of the molecule is CNC(=O)NC(=O)CCN1CC(O)CC1C(=O)O. The molecule has 0 radical (unpaired) electrons. The second-order valence-corrected chi connectivity index (χ2v) is 4.12. The minimum atomic E-state index is -1.02. The number of carboxylic acid groups (broad SMARTS) is 1. The van der Waals surface area contributed by atoms with Crippen LogP contribution < -0.4 is 10.6 Å². The lowest BCUT2D eigenvalue weighted by Gasteiger charge is -2.19. The minimum Gasteiger partial charge on any atom is -0.480 e. The summed E-state index contributed by atoms with van der Waals surface area (Å²) in [4.78, 5) is 34.6. The van der Waals surface area contributed by atoms with Gasteiger partial charge in [-0.2, -0.15) is 0 Å². The summed E-state index contributed by atoms with van der Waals surface area (Å²) >= 11 is 0. The van der Waals surface area contributed by atoms with Gasteiger partial charge in [0.1, 0.15) is 6.04 Å². The van der Waals surface area contributed by atoms with Crippen molar-refractivity contribution in [1.29, 1.82) is 0 Å². The molecule has 0 aromatic heterocycles. The lowest BCUT2D eigenvalue weighted by Crippen LogP contribution is -2.41. The summed E-state index contributed by atoms with van der Waals surface area (Å²) < 4.78 is 0. The maximum Gasteiger partial charge on any atom is 0.321 e. The van der Waals surface area contributed by atoms with Gasteiger partial charge in [-0.3, -0.25) is 19.8 Å². The van der Waals surface area contributed by atoms with E-state index in [1.165, 1.54) is 11.9 Å². The second-order valence-electron chi connectivity index (χ2n) is 4.12. The number of amides is 3. The van der Waals surface area contributed by atoms with Crippen molar-refractivity contribution < 1.29 is 24.6 Å². The van der Waals surface area contributed by atoms with Gasteiger partial charge in [0.05, 0.1) is 6.10 Å². The van der Waals surface area contributed by atoms with E-state index in [9.17, 15) is 19.5 Å². The number of aliphatic carboxylic acids is 1. The Balaban J connectivity index is 2.40. The molecule has 0 saturated carbocycles. The summed E-state index contributed by atoms with van der Waals surface area (Å²) in [6.45, 7) is 0.418. The van der Waals surface area contributed by atoms with E-state index >= 15 is 0 Å². The molecule has 3 amide bonds. The molecular weight excluding hydrogens is 242 g/mol. The summed E-state index contributed by atoms with van der Waals surface area (Å²) in [6, 6.07) is -1.37. The third-order valence-electron chi connectivity index (χ3n) is 2.77. The monoisotopic (exact) mass is 259 g/mol. The highest BCUT2D eigenvalue weighted by Crippen LogP contribution is 2.18. The number of β-amino-alcohol motifs (C(OH)–C–C–N with tert-alkyl or cyclic N) is 1. The molecule has 102 valence electrons. The number of nitrogens with one attached hydrogen (secondary N) is 2. The molecule has 0 spiro atoms. The zero-order chi connectivity index (χ0) is 13.7. The van der Waals surface area contributed by atoms with E-state index in [-0.39, 0.29) is 25.9 Å². The zero-order valence-corrected chi connectivity index (χ0v) is 10.0. The maximum absolute atomic E-state index is 11.3. The lowest BCUT2D eigenvalue weighted by atomic mass is 10.2. The fourth-order valence-electron chi connectivity index (χ4n) is 1.88. The van der Waals surface area contributed by atoms with Gasteiger partial charge in [-0.25, -0.2) is 4.79 Å². The molecule has 0 aliphatic carbocycles. The molecule has 1 rings (SSSR count). The number of carbonyl (C=O) groups excluding carboxylic acids is 2. The topological polar surface area (TPSA) is 119 Å². The normalized spacial score (nSPS) is 23.7. The fraction of sp³-hybridized carbons (Fsp3) is 0.700. The first kappa shape index (κ1) is 14.4. The molecule has 1 aliphatic rings. The summed E-state index contributed by atoms with van der Waals surface area (Å²) in [5.74, 6) is -1.50. The van der Waals surface area contributed by atoms with Gasteiger partial charge in [-0.1, -0.05) is 0 Å². The maximum atomic E-state index is 11.3. The average Bonchev–Trinajstić information content (AvgIpc) is 2.68. The van der Waals surface area contributed by atoms with E-state index in [2.05, 4.69) is 10.6 Å². The first-order valence-electron chi connectivity index (χ1n) is 5.60. The van der Waals surface area contributed by atoms with Gasteiger partial charge in [0.2, 0.25) is 5.91 Å². The van der Waals surface area contributed by atoms with Crippen molar-refractivity contribution in [3.63, 3.8) is 0 Å². The quantitative estimate of drug-likeness (QED) is 0.480. The molecule has 4 N–H and O–H groups in total. The van der Waals surface area contributed by atoms with Gasteiger partial charge in [-0.05, 0) is 0 Å². The van der Waals surface area contributed by atoms with Crippen LogP contribution in [0.15, 0.2) is 0 Å². The first-order valence-corrected chi connectivity index (χ1v) is 5.60. The highest BCUT2D eigenvalue weighted by molar-refractivity contribution is 5.94. The zero-order valence-electron chi connectivity index (χ0n) is 10.0. The van der Waals surface area contributed by atoms with Gasteiger partial charge in [0.25, 0.3) is 0 Å². The molecule has 1 aliphatic heterocycles. The Morgan fingerprint density at radius 1 is 1.39 bits per heavy atom. The number of carbonyl (C=O) groups is 3. The number of imide groups is 1. The van der Waals surface area contributed by atoms with Gasteiger partial charge in [-0.15, -0.1) is 0 Å². The molecule has 8 heteroatoms. The van der Waals surface area contributed by atoms with Crippen molar-refractivity contribution in [1.82, 2.24) is 15.5 Å². The van der Waals surface area contributed by atoms with Crippen molar-refractivity contribution in [2.45, 2.75) is 25.0 Å². The van der Waals surface area contributed by atoms with Crippen LogP contribution in [0.1, 0.15) is 12.8 Å². The van der Waals surface area contributed by atoms with Crippen molar-refractivity contribution >= 4 is 17.9 Å². The third-order valence-corrected chi connectivity index (χ3v) is 2.77. The van der Waals surface area contributed by atoms with E-state index in [1.54, 1.807) is 0 Å². The number of aliphatic hydroxyl groups is 1. The lowest BCUT2D eigenvalue weighted by molar-refractivity contribution is -0.142. The highest BCUT2D eigenvalue weighted by atomic mass is 16.4. The number of aliphatic hydroxyl groups excluding tert-OH is 1. The Kier molecular flexibility index (Phi) is 5.05. The molecule has 0 aromatic carbocycles. The van der Waals surface area contributed by atoms with Gasteiger partial charge in [0.15, 0.2) is 0 Å². The molecular formula is C10H17N3O5. The van der Waals surface area contributed by atoms with E-state index < -0.39 is 30.1 Å². The van der Waals surface area contributed by atoms with E-state index in [0.717, 1.165) is 0 Å². The predicted molar refractivity (Wildman–Crippen MR) is 60.8 cm³/mol. The van der Waals surface area contributed by atoms with E-state index in [1.807, 2.05) is 0 Å². The molecule has 2 atom stereocenters. The van der Waals surface area contributed by atoms with Gasteiger partial charge < -0.3 is 15.5 Å². The highest BCUT2D eigenvalue weighted by Gasteiger charge is 2.35. The van der Waals surface area contributed by atoms with Crippen LogP contribution in [0.25, 0.3) is 0 Å². The second kappa shape index (κ2) is 6.31. The molecule has 1 saturated heterocycles. The smallest absolute Gasteiger partial charge is 0.321 e. The Morgan fingerprint density at radius 2 is 2.06 bits per heavy atom. The number of urea groups is 1. The standard InChI is InChI=1S/C10H17N3O5/c1-11-10(18)12-8(15)2-3-13-5-6(14)4-7(13)9(16)17/h6-7,14H,2-5H2,1H3,(H,16,17)(H2,11,12,15,18). The Labute approximate surface area is 104 Å². The molecule has 0 aromatic rings. The van der Waals surface area contributed by atoms with Crippen LogP contribution in [0.5, 0.6) is 0 Å². The molecule has 1 fully saturated rings. The molecule has 2 unspecified atom stereocenters. The van der Waals surface area contributed by atoms with Crippen LogP contribution in [-0.2, 0) is 9.59 Å². The van der Waals surface area contributed by atoms with Crippen LogP contribution in [0.2, 0.25) is 0 Å². The number of hydrogen-bond acceptors (Lipinski definition) is 5. The molecule has 8 nitrogen and oxygen atoms in total. The Morgan fingerprint density at radius 3 is 2.61 bits per heavy atom. The van der Waals surface area contributed by atoms with Crippen LogP contribution in [-0.4, -0.2) is 65.3 Å². The van der Waals surface area contributed by atoms with Gasteiger partial charge >= 0.3 is 12.0 Å². The number of hydrogen-bond donors (Lipinski definition) is 4. The Bertz CT molecular complexity index is 346. The van der Waals surface area contributed by atoms with Crippen molar-refractivity contribution in [3.05, 3.63) is 0 Å². The summed E-state index contributed by atoms with van der Waals surface area (Å²) in [5, 5.41) is 22.7. The van der Waals surface area contributed by atoms with Crippen LogP contribution in [0.3, 0.4) is 0 Å². The number of carboxylic acids is 1. The molecule has 0 bridgehead atoms. The summed E-state index contributed by atoms with van der Waals surface area (Å²) in [7, 11) is 1.39. The van der Waals surface area contributed by atoms with Crippen molar-refractivity contribution in [2.24, 2.45) is 0 Å². The Hall–Kier alpha value is -1.67.